The van der Waals surface area contributed by atoms with Crippen LogP contribution in [0.3, 0.4) is 0 Å². The molecule has 0 fully saturated rings. The molecule has 0 N–H and O–H groups in total. The average molecular weight is 368 g/mol. The van der Waals surface area contributed by atoms with Gasteiger partial charge in [-0.05, 0) is 48.7 Å². The monoisotopic (exact) mass is 367 g/mol. The Kier molecular flexibility index (Phi) is 10.2. The van der Waals surface area contributed by atoms with Crippen LogP contribution in [-0.4, -0.2) is 17.9 Å². The van der Waals surface area contributed by atoms with Crippen molar-refractivity contribution < 1.29 is 9.53 Å². The Labute approximate surface area is 164 Å². The van der Waals surface area contributed by atoms with Gasteiger partial charge < -0.3 is 9.53 Å². The van der Waals surface area contributed by atoms with E-state index >= 15 is 0 Å². The van der Waals surface area contributed by atoms with E-state index in [2.05, 4.69) is 24.0 Å². The van der Waals surface area contributed by atoms with Gasteiger partial charge in [-0.3, -0.25) is 4.98 Å². The third-order valence-electron chi connectivity index (χ3n) is 4.79. The molecule has 0 aliphatic rings. The lowest BCUT2D eigenvalue weighted by Crippen LogP contribution is -1.97. The maximum atomic E-state index is 10.4. The predicted molar refractivity (Wildman–Crippen MR) is 112 cm³/mol. The summed E-state index contributed by atoms with van der Waals surface area (Å²) in [6.45, 7) is 3.05. The Balaban J connectivity index is 1.67. The Morgan fingerprint density at radius 1 is 0.889 bits per heavy atom. The Morgan fingerprint density at radius 2 is 1.59 bits per heavy atom. The van der Waals surface area contributed by atoms with Gasteiger partial charge in [0, 0.05) is 18.2 Å². The summed E-state index contributed by atoms with van der Waals surface area (Å²) in [6.07, 6.45) is 14.6. The number of benzene rings is 1. The quantitative estimate of drug-likeness (QED) is 0.286. The average Bonchev–Trinajstić information content (AvgIpc) is 2.72. The van der Waals surface area contributed by atoms with Gasteiger partial charge in [-0.2, -0.15) is 0 Å². The number of aromatic nitrogens is 1. The number of hydrogen-bond acceptors (Lipinski definition) is 3. The number of pyridine rings is 1. The molecule has 2 aromatic rings. The molecule has 1 aromatic carbocycles. The first-order valence-corrected chi connectivity index (χ1v) is 10.4. The fourth-order valence-corrected chi connectivity index (χ4v) is 3.12. The topological polar surface area (TPSA) is 39.2 Å². The molecule has 0 saturated heterocycles. The molecule has 2 rings (SSSR count). The van der Waals surface area contributed by atoms with E-state index in [9.17, 15) is 4.79 Å². The van der Waals surface area contributed by atoms with Crippen LogP contribution in [0.15, 0.2) is 42.6 Å². The number of rotatable bonds is 14. The van der Waals surface area contributed by atoms with Crippen LogP contribution in [0.4, 0.5) is 0 Å². The molecule has 0 atom stereocenters. The van der Waals surface area contributed by atoms with E-state index < -0.39 is 0 Å². The van der Waals surface area contributed by atoms with Crippen molar-refractivity contribution in [2.24, 2.45) is 0 Å². The van der Waals surface area contributed by atoms with Crippen LogP contribution in [0, 0.1) is 0 Å². The summed E-state index contributed by atoms with van der Waals surface area (Å²) >= 11 is 0. The van der Waals surface area contributed by atoms with E-state index in [1.54, 1.807) is 0 Å². The summed E-state index contributed by atoms with van der Waals surface area (Å²) in [7, 11) is 0. The third kappa shape index (κ3) is 8.38. The zero-order chi connectivity index (χ0) is 19.2. The lowest BCUT2D eigenvalue weighted by atomic mass is 10.1. The first-order chi connectivity index (χ1) is 13.3. The highest BCUT2D eigenvalue weighted by Gasteiger charge is 2.01. The van der Waals surface area contributed by atoms with Crippen molar-refractivity contribution in [1.82, 2.24) is 4.98 Å². The van der Waals surface area contributed by atoms with E-state index in [-0.39, 0.29) is 0 Å². The number of unbranched alkanes of at least 4 members (excludes halogenated alkanes) is 7. The number of ether oxygens (including phenoxy) is 1. The minimum atomic E-state index is 0.548. The van der Waals surface area contributed by atoms with Gasteiger partial charge in [-0.15, -0.1) is 0 Å². The van der Waals surface area contributed by atoms with Crippen molar-refractivity contribution in [1.29, 1.82) is 0 Å². The number of aldehydes is 1. The normalized spacial score (nSPS) is 10.7. The molecule has 27 heavy (non-hydrogen) atoms. The second-order valence-electron chi connectivity index (χ2n) is 7.10. The molecule has 146 valence electrons. The third-order valence-corrected chi connectivity index (χ3v) is 4.79. The molecule has 1 aromatic heterocycles. The van der Waals surface area contributed by atoms with E-state index in [0.717, 1.165) is 48.3 Å². The van der Waals surface area contributed by atoms with Crippen molar-refractivity contribution in [3.05, 3.63) is 48.2 Å². The fourth-order valence-electron chi connectivity index (χ4n) is 3.12. The van der Waals surface area contributed by atoms with Gasteiger partial charge in [0.05, 0.1) is 12.3 Å². The van der Waals surface area contributed by atoms with Crippen LogP contribution in [0.1, 0.15) is 70.3 Å². The van der Waals surface area contributed by atoms with E-state index in [0.29, 0.717) is 6.42 Å². The molecule has 3 heteroatoms. The number of nitrogens with zero attached hydrogens (tertiary/aromatic N) is 1. The molecule has 0 aliphatic carbocycles. The lowest BCUT2D eigenvalue weighted by Gasteiger charge is -2.08. The van der Waals surface area contributed by atoms with Crippen molar-refractivity contribution in [3.8, 4) is 17.0 Å². The molecule has 0 unspecified atom stereocenters. The van der Waals surface area contributed by atoms with Gasteiger partial charge in [0.2, 0.25) is 0 Å². The molecule has 0 radical (unpaired) electrons. The maximum Gasteiger partial charge on any atom is 0.120 e. The molecule has 0 amide bonds. The standard InChI is InChI=1S/C24H33NO2/c1-2-3-4-5-6-7-8-9-19-27-23-15-13-22(14-16-23)24-17-12-21(20-25-24)11-10-18-26/h12-18,20H,2-11,19H2,1H3. The van der Waals surface area contributed by atoms with Crippen molar-refractivity contribution in [2.45, 2.75) is 71.1 Å². The van der Waals surface area contributed by atoms with Crippen LogP contribution < -0.4 is 4.74 Å². The number of carbonyl (C=O) groups is 1. The van der Waals surface area contributed by atoms with Crippen LogP contribution in [-0.2, 0) is 11.2 Å². The highest BCUT2D eigenvalue weighted by atomic mass is 16.5. The fraction of sp³-hybridized carbons (Fsp3) is 0.500. The van der Waals surface area contributed by atoms with Gasteiger partial charge in [0.25, 0.3) is 0 Å². The molecule has 0 aliphatic heterocycles. The highest BCUT2D eigenvalue weighted by molar-refractivity contribution is 5.60. The predicted octanol–water partition coefficient (Wildman–Crippen LogP) is 6.40. The molecule has 3 nitrogen and oxygen atoms in total. The summed E-state index contributed by atoms with van der Waals surface area (Å²) in [4.78, 5) is 14.9. The zero-order valence-corrected chi connectivity index (χ0v) is 16.7. The summed E-state index contributed by atoms with van der Waals surface area (Å²) in [5, 5.41) is 0. The molecule has 0 bridgehead atoms. The number of aryl methyl sites for hydroxylation is 1. The largest absolute Gasteiger partial charge is 0.494 e. The Morgan fingerprint density at radius 3 is 2.22 bits per heavy atom. The van der Waals surface area contributed by atoms with Crippen molar-refractivity contribution >= 4 is 6.29 Å². The van der Waals surface area contributed by atoms with Gasteiger partial charge in [-0.1, -0.05) is 57.9 Å². The van der Waals surface area contributed by atoms with Gasteiger partial charge in [-0.25, -0.2) is 0 Å². The molecule has 0 saturated carbocycles. The Bertz CT molecular complexity index is 634. The van der Waals surface area contributed by atoms with E-state index in [1.165, 1.54) is 44.9 Å². The summed E-state index contributed by atoms with van der Waals surface area (Å²) in [5.41, 5.74) is 3.12. The Hall–Kier alpha value is -2.16. The summed E-state index contributed by atoms with van der Waals surface area (Å²) < 4.78 is 5.85. The van der Waals surface area contributed by atoms with E-state index in [4.69, 9.17) is 4.74 Å². The van der Waals surface area contributed by atoms with E-state index in [1.807, 2.05) is 30.5 Å². The second kappa shape index (κ2) is 13.1. The molecular formula is C24H33NO2. The van der Waals surface area contributed by atoms with Gasteiger partial charge >= 0.3 is 0 Å². The number of hydrogen-bond donors (Lipinski definition) is 0. The van der Waals surface area contributed by atoms with Gasteiger partial charge in [0.1, 0.15) is 12.0 Å². The SMILES string of the molecule is CCCCCCCCCCOc1ccc(-c2ccc(CCC=O)cn2)cc1. The summed E-state index contributed by atoms with van der Waals surface area (Å²) in [6, 6.07) is 12.2. The second-order valence-corrected chi connectivity index (χ2v) is 7.10. The lowest BCUT2D eigenvalue weighted by molar-refractivity contribution is -0.107. The summed E-state index contributed by atoms with van der Waals surface area (Å²) in [5.74, 6) is 0.921. The minimum Gasteiger partial charge on any atom is -0.494 e. The van der Waals surface area contributed by atoms with Crippen LogP contribution in [0.2, 0.25) is 0 Å². The first-order valence-electron chi connectivity index (χ1n) is 10.4. The highest BCUT2D eigenvalue weighted by Crippen LogP contribution is 2.21. The minimum absolute atomic E-state index is 0.548. The van der Waals surface area contributed by atoms with Crippen molar-refractivity contribution in [3.63, 3.8) is 0 Å². The molecule has 1 heterocycles. The molecular weight excluding hydrogens is 334 g/mol. The van der Waals surface area contributed by atoms with Crippen LogP contribution >= 0.6 is 0 Å². The van der Waals surface area contributed by atoms with Crippen molar-refractivity contribution in [2.75, 3.05) is 6.61 Å². The van der Waals surface area contributed by atoms with Crippen LogP contribution in [0.5, 0.6) is 5.75 Å². The van der Waals surface area contributed by atoms with Gasteiger partial charge in [0.15, 0.2) is 0 Å². The molecule has 0 spiro atoms. The zero-order valence-electron chi connectivity index (χ0n) is 16.7. The maximum absolute atomic E-state index is 10.4. The smallest absolute Gasteiger partial charge is 0.120 e. The van der Waals surface area contributed by atoms with Crippen LogP contribution in [0.25, 0.3) is 11.3 Å². The number of carbonyl (C=O) groups excluding carboxylic acids is 1. The first kappa shape index (κ1) is 21.1.